The third-order valence-corrected chi connectivity index (χ3v) is 2.71. The smallest absolute Gasteiger partial charge is 0.108 e. The molecule has 0 radical (unpaired) electrons. The van der Waals surface area contributed by atoms with Crippen LogP contribution >= 0.6 is 0 Å². The largest absolute Gasteiger partial charge is 0.439 e. The Kier molecular flexibility index (Phi) is 1.53. The van der Waals surface area contributed by atoms with Crippen molar-refractivity contribution >= 4 is 5.78 Å². The second-order valence-corrected chi connectivity index (χ2v) is 3.73. The Morgan fingerprint density at radius 1 is 1.36 bits per heavy atom. The van der Waals surface area contributed by atoms with E-state index in [9.17, 15) is 0 Å². The minimum Gasteiger partial charge on any atom is -0.108 e. The van der Waals surface area contributed by atoms with Crippen molar-refractivity contribution in [3.63, 3.8) is 0 Å². The lowest BCUT2D eigenvalue weighted by Gasteiger charge is -2.11. The average Bonchev–Trinajstić information content (AvgIpc) is 2.59. The number of tetrazole rings is 1. The molecular weight excluding hydrogens is 178 g/mol. The zero-order chi connectivity index (χ0) is 9.54. The third kappa shape index (κ3) is 1.01. The van der Waals surface area contributed by atoms with Crippen LogP contribution in [0.15, 0.2) is 6.20 Å². The Balaban J connectivity index is 2.33. The summed E-state index contributed by atoms with van der Waals surface area (Å²) in [5.41, 5.74) is 2.61. The predicted molar refractivity (Wildman–Crippen MR) is 48.6 cm³/mol. The van der Waals surface area contributed by atoms with Crippen LogP contribution in [0.2, 0.25) is 0 Å². The van der Waals surface area contributed by atoms with Crippen LogP contribution in [0.3, 0.4) is 0 Å². The molecule has 0 saturated carbocycles. The summed E-state index contributed by atoms with van der Waals surface area (Å²) in [4.78, 5) is 5.85. The van der Waals surface area contributed by atoms with Gasteiger partial charge in [-0.2, -0.15) is 0 Å². The maximum Gasteiger partial charge on any atom is 0.439 e. The van der Waals surface area contributed by atoms with Crippen LogP contribution < -0.4 is 4.52 Å². The summed E-state index contributed by atoms with van der Waals surface area (Å²) in [6, 6.07) is 0. The fraction of sp³-hybridized carbons (Fsp3) is 0.556. The van der Waals surface area contributed by atoms with Gasteiger partial charge in [0.25, 0.3) is 0 Å². The number of hydrogen-bond donors (Lipinski definition) is 0. The first-order chi connectivity index (χ1) is 6.84. The third-order valence-electron chi connectivity index (χ3n) is 2.71. The van der Waals surface area contributed by atoms with Crippen LogP contribution in [-0.2, 0) is 19.9 Å². The number of nitrogens with zero attached hydrogens (tertiary/aromatic N) is 5. The number of hydrogen-bond acceptors (Lipinski definition) is 3. The summed E-state index contributed by atoms with van der Waals surface area (Å²) >= 11 is 0. The van der Waals surface area contributed by atoms with E-state index in [4.69, 9.17) is 0 Å². The van der Waals surface area contributed by atoms with E-state index in [1.807, 2.05) is 17.8 Å². The van der Waals surface area contributed by atoms with Gasteiger partial charge in [-0.25, -0.2) is 0 Å². The molecule has 0 aliphatic heterocycles. The van der Waals surface area contributed by atoms with Crippen molar-refractivity contribution in [3.05, 3.63) is 17.5 Å². The number of rotatable bonds is 0. The minimum absolute atomic E-state index is 0.702. The molecule has 72 valence electrons. The van der Waals surface area contributed by atoms with Crippen LogP contribution in [0.25, 0.3) is 5.78 Å². The predicted octanol–water partition coefficient (Wildman–Crippen LogP) is -0.172. The summed E-state index contributed by atoms with van der Waals surface area (Å²) in [7, 11) is 1.82. The van der Waals surface area contributed by atoms with Gasteiger partial charge in [-0.15, -0.1) is 4.98 Å². The van der Waals surface area contributed by atoms with Crippen molar-refractivity contribution in [2.24, 2.45) is 7.05 Å². The van der Waals surface area contributed by atoms with Crippen molar-refractivity contribution < 1.29 is 4.52 Å². The molecule has 3 rings (SSSR count). The molecule has 5 nitrogen and oxygen atoms in total. The molecule has 1 aliphatic carbocycles. The topological polar surface area (TPSA) is 47.7 Å². The van der Waals surface area contributed by atoms with Gasteiger partial charge in [0, 0.05) is 17.2 Å². The zero-order valence-corrected chi connectivity index (χ0v) is 8.14. The molecule has 0 fully saturated rings. The molecular formula is C9H12N5+. The lowest BCUT2D eigenvalue weighted by atomic mass is 9.98. The average molecular weight is 190 g/mol. The quantitative estimate of drug-likeness (QED) is 0.542. The molecule has 0 unspecified atom stereocenters. The van der Waals surface area contributed by atoms with Gasteiger partial charge in [0.05, 0.1) is 11.3 Å². The Morgan fingerprint density at radius 2 is 2.21 bits per heavy atom. The number of fused-ring (bicyclic) bond motifs is 3. The molecule has 0 bridgehead atoms. The number of aromatic nitrogens is 5. The van der Waals surface area contributed by atoms with Gasteiger partial charge in [0.1, 0.15) is 12.7 Å². The van der Waals surface area contributed by atoms with Crippen molar-refractivity contribution in [2.75, 3.05) is 0 Å². The molecule has 2 aromatic heterocycles. The SMILES string of the molecule is Cn1nc2ncc3c([n+]2n1)CCCC3. The first kappa shape index (κ1) is 7.84. The van der Waals surface area contributed by atoms with Gasteiger partial charge in [-0.1, -0.05) is 9.31 Å². The van der Waals surface area contributed by atoms with E-state index in [1.165, 1.54) is 24.1 Å². The van der Waals surface area contributed by atoms with Crippen LogP contribution in [0, 0.1) is 0 Å². The van der Waals surface area contributed by atoms with E-state index >= 15 is 0 Å². The second kappa shape index (κ2) is 2.73. The molecule has 2 heterocycles. The second-order valence-electron chi connectivity index (χ2n) is 3.73. The molecule has 0 aromatic carbocycles. The van der Waals surface area contributed by atoms with Crippen molar-refractivity contribution in [1.82, 2.24) is 20.1 Å². The maximum atomic E-state index is 4.29. The molecule has 0 atom stereocenters. The Bertz CT molecular complexity index is 487. The van der Waals surface area contributed by atoms with E-state index in [0.717, 1.165) is 12.8 Å². The highest BCUT2D eigenvalue weighted by atomic mass is 15.6. The normalized spacial score (nSPS) is 15.8. The van der Waals surface area contributed by atoms with E-state index in [0.29, 0.717) is 5.78 Å². The molecule has 0 N–H and O–H groups in total. The zero-order valence-electron chi connectivity index (χ0n) is 8.14. The molecule has 1 aliphatic rings. The summed E-state index contributed by atoms with van der Waals surface area (Å²) in [6.45, 7) is 0. The highest BCUT2D eigenvalue weighted by Crippen LogP contribution is 2.16. The highest BCUT2D eigenvalue weighted by Gasteiger charge is 2.20. The lowest BCUT2D eigenvalue weighted by Crippen LogP contribution is -2.34. The summed E-state index contributed by atoms with van der Waals surface area (Å²) in [5, 5.41) is 8.46. The first-order valence-corrected chi connectivity index (χ1v) is 4.95. The summed E-state index contributed by atoms with van der Waals surface area (Å²) in [6.07, 6.45) is 6.68. The van der Waals surface area contributed by atoms with Gasteiger partial charge < -0.3 is 0 Å². The van der Waals surface area contributed by atoms with Gasteiger partial charge in [-0.05, 0) is 19.3 Å². The fourth-order valence-corrected chi connectivity index (χ4v) is 2.05. The summed E-state index contributed by atoms with van der Waals surface area (Å²) < 4.78 is 1.87. The van der Waals surface area contributed by atoms with Crippen LogP contribution in [0.1, 0.15) is 24.1 Å². The van der Waals surface area contributed by atoms with Gasteiger partial charge in [0.15, 0.2) is 0 Å². The van der Waals surface area contributed by atoms with Crippen molar-refractivity contribution in [1.29, 1.82) is 0 Å². The molecule has 5 heteroatoms. The van der Waals surface area contributed by atoms with Crippen molar-refractivity contribution in [2.45, 2.75) is 25.7 Å². The Labute approximate surface area is 81.4 Å². The fourth-order valence-electron chi connectivity index (χ4n) is 2.05. The molecule has 2 aromatic rings. The van der Waals surface area contributed by atoms with E-state index in [2.05, 4.69) is 15.3 Å². The summed E-state index contributed by atoms with van der Waals surface area (Å²) in [5.74, 6) is 0.702. The maximum absolute atomic E-state index is 4.29. The van der Waals surface area contributed by atoms with Gasteiger partial charge in [0.2, 0.25) is 0 Å². The van der Waals surface area contributed by atoms with E-state index in [-0.39, 0.29) is 0 Å². The Morgan fingerprint density at radius 3 is 3.14 bits per heavy atom. The van der Waals surface area contributed by atoms with Crippen LogP contribution in [0.5, 0.6) is 0 Å². The lowest BCUT2D eigenvalue weighted by molar-refractivity contribution is -0.596. The van der Waals surface area contributed by atoms with Crippen molar-refractivity contribution in [3.8, 4) is 0 Å². The van der Waals surface area contributed by atoms with Gasteiger partial charge >= 0.3 is 5.78 Å². The number of aryl methyl sites for hydroxylation is 3. The van der Waals surface area contributed by atoms with Crippen LogP contribution in [0.4, 0.5) is 0 Å². The first-order valence-electron chi connectivity index (χ1n) is 4.95. The highest BCUT2D eigenvalue weighted by molar-refractivity contribution is 5.22. The van der Waals surface area contributed by atoms with Gasteiger partial charge in [-0.3, -0.25) is 0 Å². The van der Waals surface area contributed by atoms with Crippen LogP contribution in [-0.4, -0.2) is 20.1 Å². The van der Waals surface area contributed by atoms with E-state index in [1.54, 1.807) is 4.80 Å². The molecule has 0 amide bonds. The Hall–Kier alpha value is -1.52. The van der Waals surface area contributed by atoms with E-state index < -0.39 is 0 Å². The monoisotopic (exact) mass is 190 g/mol. The minimum atomic E-state index is 0.702. The standard InChI is InChI=1S/C9H12N5/c1-13-11-9-10-6-7-4-2-3-5-8(7)14(9)12-13/h6H,2-5H2,1H3/q+1. The molecule has 0 spiro atoms. The molecule has 14 heavy (non-hydrogen) atoms. The molecule has 0 saturated heterocycles.